The minimum absolute atomic E-state index is 0.0482. The van der Waals surface area contributed by atoms with Crippen molar-refractivity contribution in [1.29, 1.82) is 0 Å². The highest BCUT2D eigenvalue weighted by Crippen LogP contribution is 2.23. The van der Waals surface area contributed by atoms with Crippen LogP contribution in [-0.4, -0.2) is 37.4 Å². The van der Waals surface area contributed by atoms with Crippen LogP contribution in [0.1, 0.15) is 25.3 Å². The van der Waals surface area contributed by atoms with E-state index in [-0.39, 0.29) is 22.2 Å². The number of carbonyl (C=O) groups excluding carboxylic acids is 1. The molecular formula is C23H26N2O4S. The quantitative estimate of drug-likeness (QED) is 0.580. The lowest BCUT2D eigenvalue weighted by Gasteiger charge is -2.19. The zero-order valence-corrected chi connectivity index (χ0v) is 18.3. The lowest BCUT2D eigenvalue weighted by molar-refractivity contribution is -0.130. The SMILES string of the molecule is CCCCN(C)C(=O)Cn1c(=O)c(S(=O)(=O)c2ccccc2)cc2cc(C)ccc21. The summed E-state index contributed by atoms with van der Waals surface area (Å²) in [5.41, 5.74) is 0.782. The summed E-state index contributed by atoms with van der Waals surface area (Å²) >= 11 is 0. The summed E-state index contributed by atoms with van der Waals surface area (Å²) in [6.07, 6.45) is 1.81. The third kappa shape index (κ3) is 4.31. The van der Waals surface area contributed by atoms with Crippen LogP contribution in [-0.2, 0) is 21.2 Å². The predicted octanol–water partition coefficient (Wildman–Crippen LogP) is 3.40. The van der Waals surface area contributed by atoms with E-state index in [1.807, 2.05) is 26.0 Å². The number of carbonyl (C=O) groups is 1. The van der Waals surface area contributed by atoms with Gasteiger partial charge in [-0.15, -0.1) is 0 Å². The molecule has 0 atom stereocenters. The van der Waals surface area contributed by atoms with E-state index in [0.717, 1.165) is 18.4 Å². The van der Waals surface area contributed by atoms with Gasteiger partial charge in [0.15, 0.2) is 0 Å². The van der Waals surface area contributed by atoms with E-state index in [1.54, 1.807) is 36.2 Å². The van der Waals surface area contributed by atoms with Crippen LogP contribution in [0.4, 0.5) is 0 Å². The van der Waals surface area contributed by atoms with Gasteiger partial charge in [0, 0.05) is 19.0 Å². The van der Waals surface area contributed by atoms with E-state index in [9.17, 15) is 18.0 Å². The Morgan fingerprint density at radius 2 is 1.77 bits per heavy atom. The maximum atomic E-state index is 13.3. The number of fused-ring (bicyclic) bond motifs is 1. The molecule has 1 heterocycles. The molecule has 0 aliphatic carbocycles. The fourth-order valence-electron chi connectivity index (χ4n) is 3.33. The van der Waals surface area contributed by atoms with Gasteiger partial charge in [-0.05, 0) is 43.7 Å². The molecule has 0 radical (unpaired) electrons. The summed E-state index contributed by atoms with van der Waals surface area (Å²) in [5, 5.41) is 0.605. The standard InChI is InChI=1S/C23H26N2O4S/c1-4-5-13-24(3)22(26)16-25-20-12-11-17(2)14-18(20)15-21(23(25)27)30(28,29)19-9-7-6-8-10-19/h6-12,14-15H,4-5,13,16H2,1-3H3. The van der Waals surface area contributed by atoms with Crippen molar-refractivity contribution in [2.75, 3.05) is 13.6 Å². The number of aryl methyl sites for hydroxylation is 1. The number of pyridine rings is 1. The second-order valence-corrected chi connectivity index (χ2v) is 9.37. The molecule has 6 nitrogen and oxygen atoms in total. The van der Waals surface area contributed by atoms with E-state index < -0.39 is 15.4 Å². The third-order valence-corrected chi connectivity index (χ3v) is 6.89. The summed E-state index contributed by atoms with van der Waals surface area (Å²) in [5.74, 6) is -0.235. The van der Waals surface area contributed by atoms with Gasteiger partial charge in [-0.25, -0.2) is 8.42 Å². The Morgan fingerprint density at radius 3 is 2.43 bits per heavy atom. The molecular weight excluding hydrogens is 400 g/mol. The molecule has 0 aliphatic rings. The first kappa shape index (κ1) is 21.8. The molecule has 0 bridgehead atoms. The van der Waals surface area contributed by atoms with Gasteiger partial charge in [0.25, 0.3) is 5.56 Å². The Labute approximate surface area is 176 Å². The van der Waals surface area contributed by atoms with E-state index in [1.165, 1.54) is 22.8 Å². The van der Waals surface area contributed by atoms with Crippen molar-refractivity contribution in [2.24, 2.45) is 0 Å². The fraction of sp³-hybridized carbons (Fsp3) is 0.304. The predicted molar refractivity (Wildman–Crippen MR) is 117 cm³/mol. The van der Waals surface area contributed by atoms with Gasteiger partial charge < -0.3 is 4.90 Å². The Balaban J connectivity index is 2.18. The van der Waals surface area contributed by atoms with Gasteiger partial charge in [-0.2, -0.15) is 0 Å². The zero-order chi connectivity index (χ0) is 21.9. The topological polar surface area (TPSA) is 76.5 Å². The van der Waals surface area contributed by atoms with Crippen LogP contribution in [0.15, 0.2) is 69.2 Å². The van der Waals surface area contributed by atoms with Gasteiger partial charge >= 0.3 is 0 Å². The largest absolute Gasteiger partial charge is 0.344 e. The normalized spacial score (nSPS) is 11.6. The average Bonchev–Trinajstić information content (AvgIpc) is 2.74. The lowest BCUT2D eigenvalue weighted by atomic mass is 10.1. The number of amides is 1. The maximum absolute atomic E-state index is 13.3. The fourth-order valence-corrected chi connectivity index (χ4v) is 4.72. The van der Waals surface area contributed by atoms with Crippen LogP contribution in [0.5, 0.6) is 0 Å². The summed E-state index contributed by atoms with van der Waals surface area (Å²) in [7, 11) is -2.33. The van der Waals surface area contributed by atoms with Crippen molar-refractivity contribution in [3.05, 3.63) is 70.5 Å². The average molecular weight is 427 g/mol. The molecule has 1 aromatic heterocycles. The summed E-state index contributed by atoms with van der Waals surface area (Å²) in [6, 6.07) is 14.7. The summed E-state index contributed by atoms with van der Waals surface area (Å²) in [4.78, 5) is 27.3. The van der Waals surface area contributed by atoms with E-state index in [0.29, 0.717) is 17.4 Å². The van der Waals surface area contributed by atoms with Crippen molar-refractivity contribution in [2.45, 2.75) is 43.0 Å². The molecule has 0 saturated carbocycles. The smallest absolute Gasteiger partial charge is 0.270 e. The molecule has 7 heteroatoms. The molecule has 0 aliphatic heterocycles. The molecule has 0 fully saturated rings. The van der Waals surface area contributed by atoms with Gasteiger partial charge in [-0.3, -0.25) is 14.2 Å². The van der Waals surface area contributed by atoms with Crippen LogP contribution in [0.25, 0.3) is 10.9 Å². The van der Waals surface area contributed by atoms with Crippen LogP contribution in [0, 0.1) is 6.92 Å². The highest BCUT2D eigenvalue weighted by molar-refractivity contribution is 7.91. The van der Waals surface area contributed by atoms with Crippen LogP contribution < -0.4 is 5.56 Å². The highest BCUT2D eigenvalue weighted by atomic mass is 32.2. The molecule has 0 unspecified atom stereocenters. The molecule has 1 amide bonds. The Kier molecular flexibility index (Phi) is 6.41. The molecule has 2 aromatic carbocycles. The zero-order valence-electron chi connectivity index (χ0n) is 17.5. The Morgan fingerprint density at radius 1 is 1.07 bits per heavy atom. The van der Waals surface area contributed by atoms with Gasteiger partial charge in [0.05, 0.1) is 10.4 Å². The maximum Gasteiger partial charge on any atom is 0.270 e. The van der Waals surface area contributed by atoms with E-state index >= 15 is 0 Å². The van der Waals surface area contributed by atoms with E-state index in [4.69, 9.17) is 0 Å². The van der Waals surface area contributed by atoms with Gasteiger partial charge in [0.2, 0.25) is 15.7 Å². The first-order valence-corrected chi connectivity index (χ1v) is 11.4. The molecule has 0 spiro atoms. The lowest BCUT2D eigenvalue weighted by Crippen LogP contribution is -2.36. The van der Waals surface area contributed by atoms with Gasteiger partial charge in [-0.1, -0.05) is 43.2 Å². The van der Waals surface area contributed by atoms with Crippen LogP contribution >= 0.6 is 0 Å². The number of hydrogen-bond acceptors (Lipinski definition) is 4. The molecule has 0 saturated heterocycles. The summed E-state index contributed by atoms with van der Waals surface area (Å²) in [6.45, 7) is 4.31. The number of aromatic nitrogens is 1. The first-order chi connectivity index (χ1) is 14.3. The second-order valence-electron chi connectivity index (χ2n) is 7.45. The number of nitrogens with zero attached hydrogens (tertiary/aromatic N) is 2. The molecule has 3 rings (SSSR count). The van der Waals surface area contributed by atoms with Crippen LogP contribution in [0.2, 0.25) is 0 Å². The molecule has 3 aromatic rings. The van der Waals surface area contributed by atoms with Crippen LogP contribution in [0.3, 0.4) is 0 Å². The number of likely N-dealkylation sites (N-methyl/N-ethyl adjacent to an activating group) is 1. The number of rotatable bonds is 7. The van der Waals surface area contributed by atoms with Crippen molar-refractivity contribution < 1.29 is 13.2 Å². The molecule has 158 valence electrons. The number of hydrogen-bond donors (Lipinski definition) is 0. The molecule has 0 N–H and O–H groups in total. The Hall–Kier alpha value is -2.93. The molecule has 30 heavy (non-hydrogen) atoms. The minimum atomic E-state index is -4.02. The van der Waals surface area contributed by atoms with Crippen molar-refractivity contribution in [3.63, 3.8) is 0 Å². The van der Waals surface area contributed by atoms with Crippen molar-refractivity contribution in [1.82, 2.24) is 9.47 Å². The number of benzene rings is 2. The second kappa shape index (κ2) is 8.83. The van der Waals surface area contributed by atoms with Crippen molar-refractivity contribution in [3.8, 4) is 0 Å². The van der Waals surface area contributed by atoms with Crippen molar-refractivity contribution >= 4 is 26.6 Å². The number of sulfone groups is 1. The third-order valence-electron chi connectivity index (χ3n) is 5.13. The first-order valence-electron chi connectivity index (χ1n) is 9.94. The monoisotopic (exact) mass is 426 g/mol. The summed E-state index contributed by atoms with van der Waals surface area (Å²) < 4.78 is 27.6. The highest BCUT2D eigenvalue weighted by Gasteiger charge is 2.25. The number of unbranched alkanes of at least 4 members (excludes halogenated alkanes) is 1. The minimum Gasteiger partial charge on any atom is -0.344 e. The van der Waals surface area contributed by atoms with Gasteiger partial charge in [0.1, 0.15) is 11.4 Å². The Bertz CT molecular complexity index is 1230. The van der Waals surface area contributed by atoms with E-state index in [2.05, 4.69) is 0 Å².